The Morgan fingerprint density at radius 1 is 1.03 bits per heavy atom. The van der Waals surface area contributed by atoms with Crippen LogP contribution in [0, 0.1) is 0 Å². The SMILES string of the molecule is CN(CCO)c1ccc(/C=C/C(=O)c2ccc(NC(=O)CCCCCBr)cc2)cc1. The van der Waals surface area contributed by atoms with Crippen molar-refractivity contribution in [2.75, 3.05) is 35.7 Å². The van der Waals surface area contributed by atoms with Crippen LogP contribution in [0.1, 0.15) is 41.6 Å². The Morgan fingerprint density at radius 3 is 2.37 bits per heavy atom. The number of halogens is 1. The van der Waals surface area contributed by atoms with Crippen LogP contribution in [-0.2, 0) is 4.79 Å². The third-order valence-corrected chi connectivity index (χ3v) is 5.25. The van der Waals surface area contributed by atoms with Crippen molar-refractivity contribution in [1.82, 2.24) is 0 Å². The Kier molecular flexibility index (Phi) is 10.3. The topological polar surface area (TPSA) is 69.6 Å². The lowest BCUT2D eigenvalue weighted by Crippen LogP contribution is -2.20. The minimum atomic E-state index is -0.0934. The van der Waals surface area contributed by atoms with E-state index in [1.165, 1.54) is 0 Å². The lowest BCUT2D eigenvalue weighted by atomic mass is 10.1. The van der Waals surface area contributed by atoms with Gasteiger partial charge in [0.2, 0.25) is 5.91 Å². The number of ketones is 1. The third kappa shape index (κ3) is 8.13. The standard InChI is InChI=1S/C24H29BrN2O3/c1-27(17-18-28)22-13-6-19(7-14-22)8-15-23(29)20-9-11-21(12-10-20)26-24(30)5-3-2-4-16-25/h6-15,28H,2-5,16-18H2,1H3,(H,26,30)/b15-8+. The van der Waals surface area contributed by atoms with Crippen LogP contribution in [0.5, 0.6) is 0 Å². The van der Waals surface area contributed by atoms with Gasteiger partial charge in [0.15, 0.2) is 5.78 Å². The van der Waals surface area contributed by atoms with Gasteiger partial charge >= 0.3 is 0 Å². The molecule has 0 heterocycles. The number of unbranched alkanes of at least 4 members (excludes halogenated alkanes) is 2. The van der Waals surface area contributed by atoms with E-state index >= 15 is 0 Å². The Labute approximate surface area is 186 Å². The molecule has 0 aromatic heterocycles. The third-order valence-electron chi connectivity index (χ3n) is 4.69. The maximum Gasteiger partial charge on any atom is 0.224 e. The summed E-state index contributed by atoms with van der Waals surface area (Å²) in [4.78, 5) is 26.3. The highest BCUT2D eigenvalue weighted by Crippen LogP contribution is 2.16. The molecular weight excluding hydrogens is 444 g/mol. The number of carbonyl (C=O) groups excluding carboxylic acids is 2. The summed E-state index contributed by atoms with van der Waals surface area (Å²) < 4.78 is 0. The van der Waals surface area contributed by atoms with Crippen molar-refractivity contribution in [2.45, 2.75) is 25.7 Å². The van der Waals surface area contributed by atoms with Crippen molar-refractivity contribution < 1.29 is 14.7 Å². The summed E-state index contributed by atoms with van der Waals surface area (Å²) in [6, 6.07) is 14.7. The summed E-state index contributed by atoms with van der Waals surface area (Å²) >= 11 is 3.38. The molecule has 30 heavy (non-hydrogen) atoms. The van der Waals surface area contributed by atoms with Crippen LogP contribution < -0.4 is 10.2 Å². The van der Waals surface area contributed by atoms with Crippen LogP contribution >= 0.6 is 15.9 Å². The molecule has 0 atom stereocenters. The first-order valence-electron chi connectivity index (χ1n) is 10.1. The predicted octanol–water partition coefficient (Wildman–Crippen LogP) is 4.91. The van der Waals surface area contributed by atoms with E-state index in [1.807, 2.05) is 36.2 Å². The van der Waals surface area contributed by atoms with E-state index in [0.717, 1.165) is 35.8 Å². The molecule has 2 rings (SSSR count). The molecule has 2 aromatic carbocycles. The molecule has 0 saturated heterocycles. The van der Waals surface area contributed by atoms with E-state index in [9.17, 15) is 9.59 Å². The van der Waals surface area contributed by atoms with Crippen molar-refractivity contribution >= 4 is 45.1 Å². The summed E-state index contributed by atoms with van der Waals surface area (Å²) in [5.74, 6) is -0.0965. The van der Waals surface area contributed by atoms with E-state index in [0.29, 0.717) is 24.2 Å². The molecule has 0 unspecified atom stereocenters. The molecule has 0 aliphatic rings. The highest BCUT2D eigenvalue weighted by Gasteiger charge is 2.05. The number of aliphatic hydroxyl groups is 1. The Bertz CT molecular complexity index is 833. The minimum absolute atomic E-state index is 0.00312. The van der Waals surface area contributed by atoms with E-state index in [-0.39, 0.29) is 18.3 Å². The number of nitrogens with one attached hydrogen (secondary N) is 1. The average Bonchev–Trinajstić information content (AvgIpc) is 2.76. The van der Waals surface area contributed by atoms with Crippen molar-refractivity contribution in [3.8, 4) is 0 Å². The van der Waals surface area contributed by atoms with E-state index in [2.05, 4.69) is 21.2 Å². The fraction of sp³-hybridized carbons (Fsp3) is 0.333. The van der Waals surface area contributed by atoms with Crippen LogP contribution in [0.15, 0.2) is 54.6 Å². The largest absolute Gasteiger partial charge is 0.395 e. The molecule has 6 heteroatoms. The molecule has 2 aromatic rings. The van der Waals surface area contributed by atoms with Crippen LogP contribution in [-0.4, -0.2) is 42.3 Å². The lowest BCUT2D eigenvalue weighted by Gasteiger charge is -2.17. The fourth-order valence-electron chi connectivity index (χ4n) is 2.89. The van der Waals surface area contributed by atoms with Gasteiger partial charge < -0.3 is 15.3 Å². The van der Waals surface area contributed by atoms with Crippen molar-refractivity contribution in [3.05, 3.63) is 65.7 Å². The number of rotatable bonds is 12. The van der Waals surface area contributed by atoms with Crippen LogP contribution in [0.2, 0.25) is 0 Å². The molecule has 0 saturated carbocycles. The molecule has 0 aliphatic heterocycles. The van der Waals surface area contributed by atoms with E-state index < -0.39 is 0 Å². The summed E-state index contributed by atoms with van der Waals surface area (Å²) in [5.41, 5.74) is 3.20. The number of allylic oxidation sites excluding steroid dienone is 1. The van der Waals surface area contributed by atoms with Crippen molar-refractivity contribution in [2.24, 2.45) is 0 Å². The zero-order chi connectivity index (χ0) is 21.8. The van der Waals surface area contributed by atoms with Gasteiger partial charge in [0.25, 0.3) is 0 Å². The molecule has 0 fully saturated rings. The first-order valence-corrected chi connectivity index (χ1v) is 11.3. The van der Waals surface area contributed by atoms with Gasteiger partial charge in [-0.15, -0.1) is 0 Å². The lowest BCUT2D eigenvalue weighted by molar-refractivity contribution is -0.116. The number of aliphatic hydroxyl groups excluding tert-OH is 1. The first kappa shape index (κ1) is 23.8. The number of hydrogen-bond donors (Lipinski definition) is 2. The Balaban J connectivity index is 1.87. The van der Waals surface area contributed by atoms with Gasteiger partial charge in [-0.3, -0.25) is 9.59 Å². The number of alkyl halides is 1. The highest BCUT2D eigenvalue weighted by molar-refractivity contribution is 9.09. The fourth-order valence-corrected chi connectivity index (χ4v) is 3.28. The van der Waals surface area contributed by atoms with Gasteiger partial charge in [0, 0.05) is 42.3 Å². The van der Waals surface area contributed by atoms with Gasteiger partial charge in [-0.1, -0.05) is 40.6 Å². The van der Waals surface area contributed by atoms with Crippen LogP contribution in [0.3, 0.4) is 0 Å². The second kappa shape index (κ2) is 13.0. The van der Waals surface area contributed by atoms with Crippen molar-refractivity contribution in [1.29, 1.82) is 0 Å². The zero-order valence-electron chi connectivity index (χ0n) is 17.3. The second-order valence-corrected chi connectivity index (χ2v) is 7.85. The van der Waals surface area contributed by atoms with Gasteiger partial charge in [0.1, 0.15) is 0 Å². The smallest absolute Gasteiger partial charge is 0.224 e. The summed E-state index contributed by atoms with van der Waals surface area (Å²) in [6.07, 6.45) is 6.80. The molecule has 0 bridgehead atoms. The number of anilines is 2. The number of nitrogens with zero attached hydrogens (tertiary/aromatic N) is 1. The first-order chi connectivity index (χ1) is 14.5. The molecule has 0 spiro atoms. The van der Waals surface area contributed by atoms with Crippen molar-refractivity contribution in [3.63, 3.8) is 0 Å². The van der Waals surface area contributed by atoms with Crippen LogP contribution in [0.25, 0.3) is 6.08 Å². The predicted molar refractivity (Wildman–Crippen MR) is 127 cm³/mol. The monoisotopic (exact) mass is 472 g/mol. The number of likely N-dealkylation sites (N-methyl/N-ethyl adjacent to an activating group) is 1. The van der Waals surface area contributed by atoms with Gasteiger partial charge in [-0.25, -0.2) is 0 Å². The normalized spacial score (nSPS) is 10.9. The number of hydrogen-bond acceptors (Lipinski definition) is 4. The minimum Gasteiger partial charge on any atom is -0.395 e. The molecule has 160 valence electrons. The van der Waals surface area contributed by atoms with Gasteiger partial charge in [0.05, 0.1) is 6.61 Å². The number of carbonyl (C=O) groups is 2. The maximum atomic E-state index is 12.4. The molecule has 1 amide bonds. The molecule has 0 radical (unpaired) electrons. The van der Waals surface area contributed by atoms with E-state index in [4.69, 9.17) is 5.11 Å². The second-order valence-electron chi connectivity index (χ2n) is 7.06. The number of amides is 1. The summed E-state index contributed by atoms with van der Waals surface area (Å²) in [6.45, 7) is 0.674. The highest BCUT2D eigenvalue weighted by atomic mass is 79.9. The van der Waals surface area contributed by atoms with Gasteiger partial charge in [-0.05, 0) is 60.9 Å². The molecule has 0 aliphatic carbocycles. The zero-order valence-corrected chi connectivity index (χ0v) is 18.9. The maximum absolute atomic E-state index is 12.4. The molecular formula is C24H29BrN2O3. The Morgan fingerprint density at radius 2 is 1.73 bits per heavy atom. The van der Waals surface area contributed by atoms with Gasteiger partial charge in [-0.2, -0.15) is 0 Å². The Hall–Kier alpha value is -2.44. The van der Waals surface area contributed by atoms with Crippen LogP contribution in [0.4, 0.5) is 11.4 Å². The van der Waals surface area contributed by atoms with E-state index in [1.54, 1.807) is 36.4 Å². The number of benzene rings is 2. The molecule has 5 nitrogen and oxygen atoms in total. The summed E-state index contributed by atoms with van der Waals surface area (Å²) in [7, 11) is 1.92. The molecule has 2 N–H and O–H groups in total. The quantitative estimate of drug-likeness (QED) is 0.199. The summed E-state index contributed by atoms with van der Waals surface area (Å²) in [5, 5.41) is 12.8. The average molecular weight is 473 g/mol.